The summed E-state index contributed by atoms with van der Waals surface area (Å²) in [5.41, 5.74) is 8.35. The molecule has 1 unspecified atom stereocenters. The first-order valence-electron chi connectivity index (χ1n) is 5.58. The molecule has 0 radical (unpaired) electrons. The van der Waals surface area contributed by atoms with Gasteiger partial charge in [-0.05, 0) is 12.1 Å². The molecule has 3 rings (SSSR count). The SMILES string of the molecule is CC1CC(N)=NN=C1c1cn2ccccc2n1. The van der Waals surface area contributed by atoms with Gasteiger partial charge in [-0.15, -0.1) is 5.10 Å². The molecule has 0 aromatic carbocycles. The summed E-state index contributed by atoms with van der Waals surface area (Å²) in [7, 11) is 0. The summed E-state index contributed by atoms with van der Waals surface area (Å²) >= 11 is 0. The van der Waals surface area contributed by atoms with E-state index in [-0.39, 0.29) is 5.92 Å². The van der Waals surface area contributed by atoms with E-state index in [1.807, 2.05) is 35.0 Å². The summed E-state index contributed by atoms with van der Waals surface area (Å²) in [6.45, 7) is 2.09. The van der Waals surface area contributed by atoms with Crippen LogP contribution in [0.5, 0.6) is 0 Å². The van der Waals surface area contributed by atoms with Crippen molar-refractivity contribution in [2.24, 2.45) is 21.9 Å². The van der Waals surface area contributed by atoms with Crippen LogP contribution in [-0.4, -0.2) is 20.9 Å². The Labute approximate surface area is 98.7 Å². The number of hydrogen-bond acceptors (Lipinski definition) is 4. The third-order valence-corrected chi connectivity index (χ3v) is 2.89. The Kier molecular flexibility index (Phi) is 2.18. The van der Waals surface area contributed by atoms with Crippen molar-refractivity contribution in [2.45, 2.75) is 13.3 Å². The lowest BCUT2D eigenvalue weighted by Crippen LogP contribution is -2.25. The van der Waals surface area contributed by atoms with Crippen LogP contribution < -0.4 is 5.73 Å². The van der Waals surface area contributed by atoms with Crippen LogP contribution >= 0.6 is 0 Å². The molecule has 2 N–H and O–H groups in total. The number of fused-ring (bicyclic) bond motifs is 1. The highest BCUT2D eigenvalue weighted by Crippen LogP contribution is 2.17. The summed E-state index contributed by atoms with van der Waals surface area (Å²) in [5.74, 6) is 0.849. The molecule has 5 nitrogen and oxygen atoms in total. The summed E-state index contributed by atoms with van der Waals surface area (Å²) in [6, 6.07) is 5.91. The predicted octanol–water partition coefficient (Wildman–Crippen LogP) is 1.44. The van der Waals surface area contributed by atoms with Crippen LogP contribution in [0.2, 0.25) is 0 Å². The molecule has 86 valence electrons. The lowest BCUT2D eigenvalue weighted by atomic mass is 9.98. The monoisotopic (exact) mass is 227 g/mol. The van der Waals surface area contributed by atoms with Gasteiger partial charge in [-0.25, -0.2) is 4.98 Å². The molecule has 1 atom stereocenters. The van der Waals surface area contributed by atoms with Crippen molar-refractivity contribution in [3.8, 4) is 0 Å². The second-order valence-electron chi connectivity index (χ2n) is 4.27. The van der Waals surface area contributed by atoms with Gasteiger partial charge in [0.25, 0.3) is 0 Å². The van der Waals surface area contributed by atoms with Crippen molar-refractivity contribution >= 4 is 17.2 Å². The maximum absolute atomic E-state index is 5.66. The molecule has 0 bridgehead atoms. The van der Waals surface area contributed by atoms with Crippen molar-refractivity contribution in [1.29, 1.82) is 0 Å². The van der Waals surface area contributed by atoms with E-state index in [9.17, 15) is 0 Å². The fraction of sp³-hybridized carbons (Fsp3) is 0.250. The number of rotatable bonds is 1. The Morgan fingerprint density at radius 1 is 1.35 bits per heavy atom. The third-order valence-electron chi connectivity index (χ3n) is 2.89. The Hall–Kier alpha value is -2.17. The smallest absolute Gasteiger partial charge is 0.137 e. The van der Waals surface area contributed by atoms with Gasteiger partial charge in [0, 0.05) is 24.7 Å². The Morgan fingerprint density at radius 3 is 3.00 bits per heavy atom. The Balaban J connectivity index is 2.09. The topological polar surface area (TPSA) is 68.0 Å². The van der Waals surface area contributed by atoms with E-state index in [1.165, 1.54) is 0 Å². The van der Waals surface area contributed by atoms with Crippen LogP contribution in [0, 0.1) is 5.92 Å². The summed E-state index contributed by atoms with van der Waals surface area (Å²) in [6.07, 6.45) is 4.69. The Morgan fingerprint density at radius 2 is 2.24 bits per heavy atom. The number of imidazole rings is 1. The van der Waals surface area contributed by atoms with Gasteiger partial charge < -0.3 is 10.1 Å². The lowest BCUT2D eigenvalue weighted by Gasteiger charge is -2.14. The van der Waals surface area contributed by atoms with Crippen LogP contribution in [0.15, 0.2) is 40.8 Å². The second-order valence-corrected chi connectivity index (χ2v) is 4.27. The summed E-state index contributed by atoms with van der Waals surface area (Å²) < 4.78 is 1.98. The summed E-state index contributed by atoms with van der Waals surface area (Å²) in [4.78, 5) is 4.53. The average molecular weight is 227 g/mol. The van der Waals surface area contributed by atoms with Gasteiger partial charge in [0.1, 0.15) is 17.2 Å². The molecular weight excluding hydrogens is 214 g/mol. The minimum atomic E-state index is 0.261. The number of hydrogen-bond donors (Lipinski definition) is 1. The van der Waals surface area contributed by atoms with Crippen LogP contribution in [0.1, 0.15) is 19.0 Å². The highest BCUT2D eigenvalue weighted by Gasteiger charge is 2.20. The number of pyridine rings is 1. The summed E-state index contributed by atoms with van der Waals surface area (Å²) in [5, 5.41) is 8.10. The van der Waals surface area contributed by atoms with E-state index in [0.29, 0.717) is 5.84 Å². The fourth-order valence-electron chi connectivity index (χ4n) is 2.03. The van der Waals surface area contributed by atoms with E-state index in [0.717, 1.165) is 23.5 Å². The van der Waals surface area contributed by atoms with Crippen LogP contribution in [0.3, 0.4) is 0 Å². The second kappa shape index (κ2) is 3.69. The van der Waals surface area contributed by atoms with Gasteiger partial charge in [0.05, 0.1) is 5.71 Å². The van der Waals surface area contributed by atoms with Gasteiger partial charge in [0.15, 0.2) is 0 Å². The maximum Gasteiger partial charge on any atom is 0.137 e. The fourth-order valence-corrected chi connectivity index (χ4v) is 2.03. The number of nitrogens with zero attached hydrogens (tertiary/aromatic N) is 4. The molecule has 3 heterocycles. The van der Waals surface area contributed by atoms with Gasteiger partial charge in [-0.3, -0.25) is 0 Å². The number of amidine groups is 1. The molecule has 1 aliphatic rings. The molecule has 0 amide bonds. The van der Waals surface area contributed by atoms with Crippen molar-refractivity contribution < 1.29 is 0 Å². The molecule has 2 aromatic heterocycles. The first-order chi connectivity index (χ1) is 8.24. The van der Waals surface area contributed by atoms with Crippen LogP contribution in [0.25, 0.3) is 5.65 Å². The van der Waals surface area contributed by atoms with E-state index in [1.54, 1.807) is 0 Å². The molecular formula is C12H13N5. The van der Waals surface area contributed by atoms with Gasteiger partial charge in [0.2, 0.25) is 0 Å². The minimum absolute atomic E-state index is 0.261. The third kappa shape index (κ3) is 1.69. The predicted molar refractivity (Wildman–Crippen MR) is 67.1 cm³/mol. The molecule has 0 fully saturated rings. The van der Waals surface area contributed by atoms with Gasteiger partial charge >= 0.3 is 0 Å². The van der Waals surface area contributed by atoms with Crippen molar-refractivity contribution in [3.05, 3.63) is 36.3 Å². The maximum atomic E-state index is 5.66. The standard InChI is InChI=1S/C12H13N5/c1-8-6-10(13)15-16-12(8)9-7-17-5-3-2-4-11(17)14-9/h2-5,7-8H,6H2,1H3,(H2,13,15). The molecule has 0 saturated carbocycles. The van der Waals surface area contributed by atoms with E-state index in [2.05, 4.69) is 22.1 Å². The van der Waals surface area contributed by atoms with Crippen molar-refractivity contribution in [3.63, 3.8) is 0 Å². The lowest BCUT2D eigenvalue weighted by molar-refractivity contribution is 0.781. The zero-order chi connectivity index (χ0) is 11.8. The highest BCUT2D eigenvalue weighted by molar-refractivity contribution is 6.04. The minimum Gasteiger partial charge on any atom is -0.386 e. The molecule has 0 spiro atoms. The Bertz CT molecular complexity index is 590. The van der Waals surface area contributed by atoms with Crippen molar-refractivity contribution in [2.75, 3.05) is 0 Å². The van der Waals surface area contributed by atoms with E-state index in [4.69, 9.17) is 5.73 Å². The van der Waals surface area contributed by atoms with Crippen LogP contribution in [0.4, 0.5) is 0 Å². The average Bonchev–Trinajstić information content (AvgIpc) is 2.72. The molecule has 17 heavy (non-hydrogen) atoms. The number of nitrogens with two attached hydrogens (primary N) is 1. The van der Waals surface area contributed by atoms with E-state index >= 15 is 0 Å². The molecule has 2 aromatic rings. The number of aromatic nitrogens is 2. The van der Waals surface area contributed by atoms with Crippen molar-refractivity contribution in [1.82, 2.24) is 9.38 Å². The quantitative estimate of drug-likeness (QED) is 0.800. The molecule has 1 aliphatic heterocycles. The van der Waals surface area contributed by atoms with Gasteiger partial charge in [-0.2, -0.15) is 5.10 Å². The van der Waals surface area contributed by atoms with Crippen LogP contribution in [-0.2, 0) is 0 Å². The normalized spacial score (nSPS) is 20.2. The largest absolute Gasteiger partial charge is 0.386 e. The molecule has 5 heteroatoms. The molecule has 0 saturated heterocycles. The molecule has 0 aliphatic carbocycles. The zero-order valence-corrected chi connectivity index (χ0v) is 9.54. The first-order valence-corrected chi connectivity index (χ1v) is 5.58. The zero-order valence-electron chi connectivity index (χ0n) is 9.54. The van der Waals surface area contributed by atoms with E-state index < -0.39 is 0 Å². The van der Waals surface area contributed by atoms with Gasteiger partial charge in [-0.1, -0.05) is 13.0 Å². The first kappa shape index (κ1) is 10.0. The highest BCUT2D eigenvalue weighted by atomic mass is 15.2.